The van der Waals surface area contributed by atoms with Gasteiger partial charge in [-0.25, -0.2) is 13.6 Å². The number of amides is 1. The summed E-state index contributed by atoms with van der Waals surface area (Å²) in [5, 5.41) is 22.5. The number of fused-ring (bicyclic) bond motifs is 2. The van der Waals surface area contributed by atoms with E-state index in [9.17, 15) is 33.4 Å². The van der Waals surface area contributed by atoms with Gasteiger partial charge in [0.15, 0.2) is 17.4 Å². The van der Waals surface area contributed by atoms with Crippen LogP contribution in [0.4, 0.5) is 8.78 Å². The number of hydrogen-bond donors (Lipinski definition) is 3. The number of phenolic OH excluding ortho intramolecular Hbond substituents is 1. The van der Waals surface area contributed by atoms with Crippen LogP contribution in [0, 0.1) is 5.82 Å². The monoisotopic (exact) mass is 465 g/mol. The van der Waals surface area contributed by atoms with Crippen LogP contribution in [0.25, 0.3) is 5.57 Å². The van der Waals surface area contributed by atoms with Gasteiger partial charge in [0.2, 0.25) is 5.78 Å². The molecule has 0 saturated carbocycles. The number of phenols is 1. The van der Waals surface area contributed by atoms with Crippen molar-refractivity contribution in [1.29, 1.82) is 0 Å². The third kappa shape index (κ3) is 4.14. The molecule has 0 saturated heterocycles. The van der Waals surface area contributed by atoms with E-state index in [0.29, 0.717) is 17.7 Å². The fourth-order valence-corrected chi connectivity index (χ4v) is 4.16. The van der Waals surface area contributed by atoms with Gasteiger partial charge in [-0.15, -0.1) is 0 Å². The molecule has 0 bridgehead atoms. The molecule has 2 aliphatic rings. The summed E-state index contributed by atoms with van der Waals surface area (Å²) < 4.78 is 28.6. The van der Waals surface area contributed by atoms with Gasteiger partial charge in [-0.3, -0.25) is 9.59 Å². The topological polar surface area (TPSA) is 104 Å². The van der Waals surface area contributed by atoms with E-state index < -0.39 is 35.1 Å². The number of carboxylic acids is 1. The van der Waals surface area contributed by atoms with Crippen molar-refractivity contribution in [3.8, 4) is 5.75 Å². The number of hydrogen-bond acceptors (Lipinski definition) is 4. The van der Waals surface area contributed by atoms with Crippen LogP contribution >= 0.6 is 0 Å². The number of rotatable bonds is 6. The van der Waals surface area contributed by atoms with Gasteiger partial charge in [0.05, 0.1) is 5.56 Å². The molecule has 8 heteroatoms. The minimum atomic E-state index is -1.33. The van der Waals surface area contributed by atoms with Crippen LogP contribution in [0.5, 0.6) is 5.75 Å². The molecule has 0 aromatic heterocycles. The highest BCUT2D eigenvalue weighted by molar-refractivity contribution is 6.09. The maximum absolute atomic E-state index is 14.3. The van der Waals surface area contributed by atoms with Gasteiger partial charge < -0.3 is 15.5 Å². The molecule has 2 aliphatic carbocycles. The lowest BCUT2D eigenvalue weighted by molar-refractivity contribution is -0.112. The predicted molar refractivity (Wildman–Crippen MR) is 121 cm³/mol. The zero-order chi connectivity index (χ0) is 24.6. The van der Waals surface area contributed by atoms with Crippen LogP contribution < -0.4 is 5.32 Å². The van der Waals surface area contributed by atoms with Crippen molar-refractivity contribution in [3.05, 3.63) is 93.1 Å². The van der Waals surface area contributed by atoms with E-state index in [1.807, 2.05) is 6.92 Å². The lowest BCUT2D eigenvalue weighted by atomic mass is 9.76. The maximum Gasteiger partial charge on any atom is 0.336 e. The van der Waals surface area contributed by atoms with E-state index >= 15 is 0 Å². The standard InChI is InChI=1S/C26H21F2NO5/c1-2-3-6-29-25(32)13-4-5-16(19(8-13)26(33)34)24-17-11-20(27)22(30)9-14(17)7-15-10-23(31)21(28)12-18(15)24/h4-5,8-12,30H,2-3,6-7H2,1H3,(H,29,32)(H,33,34). The fraction of sp³-hybridized carbons (Fsp3) is 0.192. The molecule has 0 aliphatic heterocycles. The van der Waals surface area contributed by atoms with Crippen molar-refractivity contribution >= 4 is 23.2 Å². The average Bonchev–Trinajstić information content (AvgIpc) is 2.79. The molecular weight excluding hydrogens is 444 g/mol. The first-order valence-corrected chi connectivity index (χ1v) is 10.8. The van der Waals surface area contributed by atoms with E-state index in [4.69, 9.17) is 0 Å². The van der Waals surface area contributed by atoms with Crippen molar-refractivity contribution in [3.63, 3.8) is 0 Å². The molecule has 0 fully saturated rings. The lowest BCUT2D eigenvalue weighted by Crippen LogP contribution is -2.25. The van der Waals surface area contributed by atoms with Gasteiger partial charge in [0.25, 0.3) is 5.91 Å². The van der Waals surface area contributed by atoms with Crippen molar-refractivity contribution in [2.24, 2.45) is 0 Å². The van der Waals surface area contributed by atoms with E-state index in [2.05, 4.69) is 5.32 Å². The van der Waals surface area contributed by atoms with Crippen molar-refractivity contribution in [2.45, 2.75) is 26.2 Å². The van der Waals surface area contributed by atoms with Gasteiger partial charge in [-0.1, -0.05) is 19.4 Å². The van der Waals surface area contributed by atoms with Crippen LogP contribution in [-0.2, 0) is 11.2 Å². The minimum absolute atomic E-state index is 0.123. The molecule has 1 amide bonds. The third-order valence-electron chi connectivity index (χ3n) is 5.85. The number of nitrogens with one attached hydrogen (secondary N) is 1. The Morgan fingerprint density at radius 3 is 2.56 bits per heavy atom. The normalized spacial score (nSPS) is 14.7. The van der Waals surface area contributed by atoms with Gasteiger partial charge in [-0.05, 0) is 82.7 Å². The minimum Gasteiger partial charge on any atom is -0.505 e. The zero-order valence-electron chi connectivity index (χ0n) is 18.2. The molecule has 6 nitrogen and oxygen atoms in total. The summed E-state index contributed by atoms with van der Waals surface area (Å²) in [6.07, 6.45) is 3.90. The van der Waals surface area contributed by atoms with Crippen LogP contribution in [0.1, 0.15) is 57.2 Å². The Morgan fingerprint density at radius 1 is 1.09 bits per heavy atom. The summed E-state index contributed by atoms with van der Waals surface area (Å²) in [5.41, 5.74) is 1.60. The second kappa shape index (κ2) is 9.05. The number of halogens is 2. The molecule has 2 aromatic rings. The Balaban J connectivity index is 1.94. The molecule has 34 heavy (non-hydrogen) atoms. The summed E-state index contributed by atoms with van der Waals surface area (Å²) in [6.45, 7) is 2.42. The summed E-state index contributed by atoms with van der Waals surface area (Å²) in [6, 6.07) is 6.34. The van der Waals surface area contributed by atoms with Crippen molar-refractivity contribution < 1.29 is 33.4 Å². The number of carbonyl (C=O) groups is 3. The average molecular weight is 465 g/mol. The predicted octanol–water partition coefficient (Wildman–Crippen LogP) is 4.48. The SMILES string of the molecule is CCCCNC(=O)c1ccc(C2=C3C=C(F)C(=O)C=C3Cc3cc(O)c(F)cc32)c(C(=O)O)c1. The Morgan fingerprint density at radius 2 is 1.85 bits per heavy atom. The highest BCUT2D eigenvalue weighted by Gasteiger charge is 2.31. The van der Waals surface area contributed by atoms with E-state index in [0.717, 1.165) is 31.1 Å². The number of allylic oxidation sites excluding steroid dienone is 5. The number of ketones is 1. The molecule has 2 aromatic carbocycles. The van der Waals surface area contributed by atoms with Crippen LogP contribution in [0.2, 0.25) is 0 Å². The molecular formula is C26H21F2NO5. The first-order chi connectivity index (χ1) is 16.2. The molecule has 0 radical (unpaired) electrons. The second-order valence-corrected chi connectivity index (χ2v) is 8.13. The van der Waals surface area contributed by atoms with E-state index in [-0.39, 0.29) is 39.8 Å². The maximum atomic E-state index is 14.3. The Kier molecular flexibility index (Phi) is 6.15. The van der Waals surface area contributed by atoms with Crippen molar-refractivity contribution in [1.82, 2.24) is 5.32 Å². The molecule has 3 N–H and O–H groups in total. The molecule has 4 rings (SSSR count). The van der Waals surface area contributed by atoms with Crippen LogP contribution in [0.3, 0.4) is 0 Å². The second-order valence-electron chi connectivity index (χ2n) is 8.13. The summed E-state index contributed by atoms with van der Waals surface area (Å²) >= 11 is 0. The van der Waals surface area contributed by atoms with Gasteiger partial charge >= 0.3 is 5.97 Å². The van der Waals surface area contributed by atoms with E-state index in [1.165, 1.54) is 24.3 Å². The summed E-state index contributed by atoms with van der Waals surface area (Å²) in [5.74, 6) is -5.14. The molecule has 174 valence electrons. The third-order valence-corrected chi connectivity index (χ3v) is 5.85. The molecule has 0 heterocycles. The highest BCUT2D eigenvalue weighted by Crippen LogP contribution is 2.44. The number of aromatic carboxylic acids is 1. The number of benzene rings is 2. The number of carbonyl (C=O) groups excluding carboxylic acids is 2. The Labute approximate surface area is 193 Å². The first kappa shape index (κ1) is 23.1. The quantitative estimate of drug-likeness (QED) is 0.546. The molecule has 0 spiro atoms. The van der Waals surface area contributed by atoms with Gasteiger partial charge in [0, 0.05) is 12.1 Å². The summed E-state index contributed by atoms with van der Waals surface area (Å²) in [7, 11) is 0. The van der Waals surface area contributed by atoms with Gasteiger partial charge in [0.1, 0.15) is 0 Å². The molecule has 0 unspecified atom stereocenters. The van der Waals surface area contributed by atoms with E-state index in [1.54, 1.807) is 0 Å². The largest absolute Gasteiger partial charge is 0.505 e. The zero-order valence-corrected chi connectivity index (χ0v) is 18.2. The van der Waals surface area contributed by atoms with Crippen LogP contribution in [0.15, 0.2) is 59.5 Å². The first-order valence-electron chi connectivity index (χ1n) is 10.8. The van der Waals surface area contributed by atoms with Gasteiger partial charge in [-0.2, -0.15) is 0 Å². The van der Waals surface area contributed by atoms with Crippen LogP contribution in [-0.4, -0.2) is 34.4 Å². The Bertz CT molecular complexity index is 1340. The highest BCUT2D eigenvalue weighted by atomic mass is 19.1. The number of unbranched alkanes of at least 4 members (excludes halogenated alkanes) is 1. The molecule has 0 atom stereocenters. The smallest absolute Gasteiger partial charge is 0.336 e. The lowest BCUT2D eigenvalue weighted by Gasteiger charge is -2.27. The number of carboxylic acid groups (broad SMARTS) is 1. The fourth-order valence-electron chi connectivity index (χ4n) is 4.16. The van der Waals surface area contributed by atoms with Crippen molar-refractivity contribution in [2.75, 3.05) is 6.54 Å². The number of aromatic hydroxyl groups is 1. The Hall–Kier alpha value is -4.07. The summed E-state index contributed by atoms with van der Waals surface area (Å²) in [4.78, 5) is 36.6.